The number of carbonyl (C=O) groups excluding carboxylic acids is 1. The number of oxazole rings is 1. The highest BCUT2D eigenvalue weighted by molar-refractivity contribution is 5.85. The second-order valence-corrected chi connectivity index (χ2v) is 8.24. The van der Waals surface area contributed by atoms with Crippen molar-refractivity contribution in [2.45, 2.75) is 32.7 Å². The Morgan fingerprint density at radius 1 is 1.11 bits per heavy atom. The summed E-state index contributed by atoms with van der Waals surface area (Å²) in [5, 5.41) is 0. The van der Waals surface area contributed by atoms with E-state index in [2.05, 4.69) is 41.1 Å². The molecule has 2 aliphatic heterocycles. The number of para-hydroxylation sites is 2. The van der Waals surface area contributed by atoms with Gasteiger partial charge in [0.25, 0.3) is 6.01 Å². The average Bonchev–Trinajstić information content (AvgIpc) is 3.31. The smallest absolute Gasteiger partial charge is 0.298 e. The molecule has 2 fully saturated rings. The van der Waals surface area contributed by atoms with E-state index in [4.69, 9.17) is 4.42 Å². The molecule has 3 aromatic rings. The summed E-state index contributed by atoms with van der Waals surface area (Å²) in [6.45, 7) is 5.15. The first kappa shape index (κ1) is 17.3. The first-order valence-electron chi connectivity index (χ1n) is 10.1. The molecular weight excluding hydrogens is 350 g/mol. The Morgan fingerprint density at radius 3 is 2.86 bits per heavy atom. The summed E-state index contributed by atoms with van der Waals surface area (Å²) in [5.74, 6) is 0.291. The van der Waals surface area contributed by atoms with Gasteiger partial charge in [0.2, 0.25) is 5.91 Å². The number of hydrogen-bond acceptors (Lipinski definition) is 4. The van der Waals surface area contributed by atoms with Crippen LogP contribution in [-0.2, 0) is 11.3 Å². The van der Waals surface area contributed by atoms with Crippen LogP contribution in [0.15, 0.2) is 52.9 Å². The van der Waals surface area contributed by atoms with E-state index in [1.165, 1.54) is 11.1 Å². The van der Waals surface area contributed by atoms with Crippen molar-refractivity contribution in [1.82, 2.24) is 9.88 Å². The number of amides is 1. The number of hydrogen-bond donors (Lipinski definition) is 0. The standard InChI is InChI=1S/C23H25N3O2/c1-17-6-4-7-18(14-17)15-25-12-5-10-23(21(25)27)11-13-26(16-23)22-24-19-8-2-3-9-20(19)28-22/h2-4,6-9,14H,5,10-13,15-16H2,1H3. The molecule has 0 N–H and O–H groups in total. The predicted molar refractivity (Wildman–Crippen MR) is 109 cm³/mol. The molecule has 0 aliphatic carbocycles. The number of fused-ring (bicyclic) bond motifs is 1. The lowest BCUT2D eigenvalue weighted by Crippen LogP contribution is -2.49. The number of likely N-dealkylation sites (tertiary alicyclic amines) is 1. The van der Waals surface area contributed by atoms with Crippen molar-refractivity contribution < 1.29 is 9.21 Å². The summed E-state index contributed by atoms with van der Waals surface area (Å²) >= 11 is 0. The summed E-state index contributed by atoms with van der Waals surface area (Å²) in [4.78, 5) is 22.3. The van der Waals surface area contributed by atoms with E-state index in [9.17, 15) is 4.79 Å². The number of aromatic nitrogens is 1. The van der Waals surface area contributed by atoms with E-state index in [1.54, 1.807) is 0 Å². The van der Waals surface area contributed by atoms with Crippen molar-refractivity contribution in [3.05, 3.63) is 59.7 Å². The number of carbonyl (C=O) groups is 1. The maximum Gasteiger partial charge on any atom is 0.298 e. The Bertz CT molecular complexity index is 994. The van der Waals surface area contributed by atoms with E-state index in [0.29, 0.717) is 25.0 Å². The molecule has 2 aromatic carbocycles. The normalized spacial score (nSPS) is 22.5. The topological polar surface area (TPSA) is 49.6 Å². The number of benzene rings is 2. The van der Waals surface area contributed by atoms with Crippen molar-refractivity contribution in [2.75, 3.05) is 24.5 Å². The Balaban J connectivity index is 1.35. The van der Waals surface area contributed by atoms with E-state index in [1.807, 2.05) is 29.2 Å². The number of anilines is 1. The zero-order valence-corrected chi connectivity index (χ0v) is 16.2. The fourth-order valence-electron chi connectivity index (χ4n) is 4.74. The van der Waals surface area contributed by atoms with Gasteiger partial charge in [0.1, 0.15) is 5.52 Å². The van der Waals surface area contributed by atoms with Crippen LogP contribution < -0.4 is 4.90 Å². The lowest BCUT2D eigenvalue weighted by atomic mass is 9.78. The van der Waals surface area contributed by atoms with Crippen LogP contribution in [0.2, 0.25) is 0 Å². The molecule has 1 unspecified atom stereocenters. The molecule has 5 rings (SSSR count). The summed E-state index contributed by atoms with van der Waals surface area (Å²) in [6, 6.07) is 16.9. The van der Waals surface area contributed by atoms with Crippen LogP contribution in [0.1, 0.15) is 30.4 Å². The zero-order valence-electron chi connectivity index (χ0n) is 16.2. The molecule has 28 heavy (non-hydrogen) atoms. The number of piperidine rings is 1. The Morgan fingerprint density at radius 2 is 2.00 bits per heavy atom. The summed E-state index contributed by atoms with van der Waals surface area (Å²) in [6.07, 6.45) is 2.88. The van der Waals surface area contributed by atoms with Gasteiger partial charge < -0.3 is 14.2 Å². The first-order chi connectivity index (χ1) is 13.6. The molecular formula is C23H25N3O2. The van der Waals surface area contributed by atoms with Gasteiger partial charge in [0.15, 0.2) is 5.58 Å². The number of nitrogens with zero attached hydrogens (tertiary/aromatic N) is 3. The molecule has 1 aromatic heterocycles. The molecule has 2 aliphatic rings. The maximum absolute atomic E-state index is 13.4. The van der Waals surface area contributed by atoms with Crippen LogP contribution in [-0.4, -0.2) is 35.4 Å². The molecule has 0 radical (unpaired) electrons. The fraction of sp³-hybridized carbons (Fsp3) is 0.391. The average molecular weight is 375 g/mol. The van der Waals surface area contributed by atoms with Crippen LogP contribution in [0.5, 0.6) is 0 Å². The van der Waals surface area contributed by atoms with Crippen molar-refractivity contribution in [1.29, 1.82) is 0 Å². The summed E-state index contributed by atoms with van der Waals surface area (Å²) in [5.41, 5.74) is 3.81. The lowest BCUT2D eigenvalue weighted by molar-refractivity contribution is -0.145. The van der Waals surface area contributed by atoms with Crippen molar-refractivity contribution in [2.24, 2.45) is 5.41 Å². The molecule has 2 saturated heterocycles. The van der Waals surface area contributed by atoms with Crippen LogP contribution in [0, 0.1) is 12.3 Å². The van der Waals surface area contributed by atoms with Crippen molar-refractivity contribution in [3.63, 3.8) is 0 Å². The van der Waals surface area contributed by atoms with Gasteiger partial charge in [-0.05, 0) is 43.9 Å². The third kappa shape index (κ3) is 2.95. The summed E-state index contributed by atoms with van der Waals surface area (Å²) < 4.78 is 5.95. The molecule has 3 heterocycles. The quantitative estimate of drug-likeness (QED) is 0.690. The van der Waals surface area contributed by atoms with Crippen LogP contribution in [0.4, 0.5) is 6.01 Å². The monoisotopic (exact) mass is 375 g/mol. The highest BCUT2D eigenvalue weighted by atomic mass is 16.4. The van der Waals surface area contributed by atoms with E-state index >= 15 is 0 Å². The highest BCUT2D eigenvalue weighted by Crippen LogP contribution is 2.42. The maximum atomic E-state index is 13.4. The minimum atomic E-state index is -0.303. The van der Waals surface area contributed by atoms with E-state index in [0.717, 1.165) is 43.5 Å². The molecule has 5 heteroatoms. The Kier molecular flexibility index (Phi) is 4.11. The van der Waals surface area contributed by atoms with E-state index < -0.39 is 0 Å². The molecule has 1 spiro atoms. The van der Waals surface area contributed by atoms with Crippen LogP contribution in [0.25, 0.3) is 11.1 Å². The minimum Gasteiger partial charge on any atom is -0.423 e. The third-order valence-corrected chi connectivity index (χ3v) is 6.19. The zero-order chi connectivity index (χ0) is 19.1. The molecule has 5 nitrogen and oxygen atoms in total. The van der Waals surface area contributed by atoms with Crippen molar-refractivity contribution in [3.8, 4) is 0 Å². The minimum absolute atomic E-state index is 0.291. The third-order valence-electron chi connectivity index (χ3n) is 6.19. The van der Waals surface area contributed by atoms with Gasteiger partial charge >= 0.3 is 0 Å². The Hall–Kier alpha value is -2.82. The van der Waals surface area contributed by atoms with Crippen LogP contribution in [0.3, 0.4) is 0 Å². The van der Waals surface area contributed by atoms with Crippen molar-refractivity contribution >= 4 is 23.0 Å². The summed E-state index contributed by atoms with van der Waals surface area (Å²) in [7, 11) is 0. The molecule has 0 saturated carbocycles. The first-order valence-corrected chi connectivity index (χ1v) is 10.1. The van der Waals surface area contributed by atoms with Gasteiger partial charge in [-0.2, -0.15) is 4.98 Å². The largest absolute Gasteiger partial charge is 0.423 e. The van der Waals surface area contributed by atoms with Gasteiger partial charge in [-0.15, -0.1) is 0 Å². The highest BCUT2D eigenvalue weighted by Gasteiger charge is 2.49. The molecule has 0 bridgehead atoms. The number of aryl methyl sites for hydroxylation is 1. The fourth-order valence-corrected chi connectivity index (χ4v) is 4.74. The SMILES string of the molecule is Cc1cccc(CN2CCCC3(CCN(c4nc5ccccc5o4)C3)C2=O)c1. The van der Waals surface area contributed by atoms with Gasteiger partial charge in [0, 0.05) is 26.2 Å². The Labute approximate surface area is 165 Å². The van der Waals surface area contributed by atoms with E-state index in [-0.39, 0.29) is 5.41 Å². The molecule has 1 amide bonds. The number of rotatable bonds is 3. The van der Waals surface area contributed by atoms with Crippen LogP contribution >= 0.6 is 0 Å². The van der Waals surface area contributed by atoms with Gasteiger partial charge in [-0.3, -0.25) is 4.79 Å². The second-order valence-electron chi connectivity index (χ2n) is 8.24. The lowest BCUT2D eigenvalue weighted by Gasteiger charge is -2.39. The van der Waals surface area contributed by atoms with Gasteiger partial charge in [-0.1, -0.05) is 42.0 Å². The predicted octanol–water partition coefficient (Wildman–Crippen LogP) is 4.16. The molecule has 1 atom stereocenters. The van der Waals surface area contributed by atoms with Gasteiger partial charge in [0.05, 0.1) is 5.41 Å². The van der Waals surface area contributed by atoms with Gasteiger partial charge in [-0.25, -0.2) is 0 Å². The second kappa shape index (κ2) is 6.66. The molecule has 144 valence electrons.